The molecule has 0 N–H and O–H groups in total. The number of hydrogen-bond donors (Lipinski definition) is 0. The largest absolute Gasteiger partial charge is 0.385 e. The van der Waals surface area contributed by atoms with Gasteiger partial charge < -0.3 is 4.74 Å². The van der Waals surface area contributed by atoms with Gasteiger partial charge in [0.05, 0.1) is 10.9 Å². The van der Waals surface area contributed by atoms with Gasteiger partial charge in [0.15, 0.2) is 0 Å². The van der Waals surface area contributed by atoms with Crippen LogP contribution in [0, 0.1) is 6.92 Å². The molecule has 4 nitrogen and oxygen atoms in total. The van der Waals surface area contributed by atoms with Crippen molar-refractivity contribution in [1.29, 1.82) is 0 Å². The van der Waals surface area contributed by atoms with E-state index in [0.717, 1.165) is 17.5 Å². The number of methoxy groups -OCH3 is 1. The number of fused-ring (bicyclic) bond motifs is 1. The Balaban J connectivity index is 2.18. The molecule has 0 saturated heterocycles. The number of aryl methyl sites for hydroxylation is 1. The van der Waals surface area contributed by atoms with Crippen LogP contribution < -0.4 is 5.56 Å². The molecule has 0 atom stereocenters. The molecule has 0 fully saturated rings. The van der Waals surface area contributed by atoms with Crippen LogP contribution in [0.5, 0.6) is 0 Å². The molecule has 0 radical (unpaired) electrons. The first-order valence-corrected chi connectivity index (χ1v) is 7.76. The van der Waals surface area contributed by atoms with Crippen molar-refractivity contribution in [3.63, 3.8) is 0 Å². The van der Waals surface area contributed by atoms with Gasteiger partial charge in [-0.25, -0.2) is 4.98 Å². The Morgan fingerprint density at radius 3 is 2.57 bits per heavy atom. The normalized spacial score (nSPS) is 11.0. The maximum atomic E-state index is 12.9. The molecule has 0 aliphatic heterocycles. The first-order valence-electron chi connectivity index (χ1n) is 7.76. The number of para-hydroxylation sites is 1. The molecule has 0 aliphatic carbocycles. The lowest BCUT2D eigenvalue weighted by Crippen LogP contribution is -2.24. The summed E-state index contributed by atoms with van der Waals surface area (Å²) in [5.74, 6) is 0.713. The smallest absolute Gasteiger partial charge is 0.261 e. The second-order valence-electron chi connectivity index (χ2n) is 5.62. The van der Waals surface area contributed by atoms with Crippen LogP contribution in [-0.4, -0.2) is 23.3 Å². The summed E-state index contributed by atoms with van der Waals surface area (Å²) in [6.07, 6.45) is 0.773. The minimum atomic E-state index is 0.00211. The highest BCUT2D eigenvalue weighted by atomic mass is 16.5. The number of rotatable bonds is 5. The first-order chi connectivity index (χ1) is 11.2. The van der Waals surface area contributed by atoms with E-state index in [1.807, 2.05) is 55.5 Å². The molecular formula is C19H20N2O2. The van der Waals surface area contributed by atoms with E-state index in [0.29, 0.717) is 24.4 Å². The van der Waals surface area contributed by atoms with Crippen LogP contribution in [0.15, 0.2) is 53.3 Å². The number of ether oxygens (including phenoxy) is 1. The lowest BCUT2D eigenvalue weighted by Gasteiger charge is -2.13. The summed E-state index contributed by atoms with van der Waals surface area (Å²) in [6.45, 7) is 3.25. The van der Waals surface area contributed by atoms with Crippen molar-refractivity contribution in [2.75, 3.05) is 13.7 Å². The average molecular weight is 308 g/mol. The molecule has 0 spiro atoms. The van der Waals surface area contributed by atoms with E-state index in [1.165, 1.54) is 5.56 Å². The maximum absolute atomic E-state index is 12.9. The van der Waals surface area contributed by atoms with Crippen LogP contribution in [0.3, 0.4) is 0 Å². The minimum Gasteiger partial charge on any atom is -0.385 e. The third-order valence-electron chi connectivity index (χ3n) is 3.90. The highest BCUT2D eigenvalue weighted by Gasteiger charge is 2.12. The molecular weight excluding hydrogens is 288 g/mol. The summed E-state index contributed by atoms with van der Waals surface area (Å²) in [7, 11) is 1.67. The van der Waals surface area contributed by atoms with Gasteiger partial charge in [-0.1, -0.05) is 42.0 Å². The quantitative estimate of drug-likeness (QED) is 0.678. The Morgan fingerprint density at radius 2 is 1.83 bits per heavy atom. The topological polar surface area (TPSA) is 44.1 Å². The predicted octanol–water partition coefficient (Wildman–Crippen LogP) is 3.41. The van der Waals surface area contributed by atoms with Crippen molar-refractivity contribution >= 4 is 10.9 Å². The van der Waals surface area contributed by atoms with Gasteiger partial charge in [-0.2, -0.15) is 0 Å². The van der Waals surface area contributed by atoms with Crippen molar-refractivity contribution < 1.29 is 4.74 Å². The Hall–Kier alpha value is -2.46. The van der Waals surface area contributed by atoms with E-state index >= 15 is 0 Å². The highest BCUT2D eigenvalue weighted by molar-refractivity contribution is 5.79. The second kappa shape index (κ2) is 6.75. The SMILES string of the molecule is COCCCn1c(-c2ccc(C)cc2)nc2ccccc2c1=O. The van der Waals surface area contributed by atoms with E-state index in [4.69, 9.17) is 9.72 Å². The Kier molecular flexibility index (Phi) is 4.53. The molecule has 118 valence electrons. The minimum absolute atomic E-state index is 0.00211. The fraction of sp³-hybridized carbons (Fsp3) is 0.263. The fourth-order valence-corrected chi connectivity index (χ4v) is 2.67. The maximum Gasteiger partial charge on any atom is 0.261 e. The fourth-order valence-electron chi connectivity index (χ4n) is 2.67. The molecule has 0 saturated carbocycles. The van der Waals surface area contributed by atoms with Crippen LogP contribution in [-0.2, 0) is 11.3 Å². The van der Waals surface area contributed by atoms with Gasteiger partial charge in [-0.05, 0) is 25.5 Å². The highest BCUT2D eigenvalue weighted by Crippen LogP contribution is 2.19. The number of benzene rings is 2. The van der Waals surface area contributed by atoms with E-state index in [-0.39, 0.29) is 5.56 Å². The number of aromatic nitrogens is 2. The Morgan fingerprint density at radius 1 is 1.09 bits per heavy atom. The van der Waals surface area contributed by atoms with Gasteiger partial charge in [0, 0.05) is 25.8 Å². The molecule has 0 aliphatic rings. The van der Waals surface area contributed by atoms with Gasteiger partial charge in [-0.3, -0.25) is 9.36 Å². The van der Waals surface area contributed by atoms with Crippen molar-refractivity contribution in [2.45, 2.75) is 19.9 Å². The molecule has 3 aromatic rings. The Bertz CT molecular complexity index is 867. The van der Waals surface area contributed by atoms with Gasteiger partial charge >= 0.3 is 0 Å². The van der Waals surface area contributed by atoms with Crippen LogP contribution in [0.2, 0.25) is 0 Å². The zero-order valence-electron chi connectivity index (χ0n) is 13.5. The molecule has 0 bridgehead atoms. The predicted molar refractivity (Wildman–Crippen MR) is 92.7 cm³/mol. The summed E-state index contributed by atoms with van der Waals surface area (Å²) in [5, 5.41) is 0.653. The van der Waals surface area contributed by atoms with Gasteiger partial charge in [-0.15, -0.1) is 0 Å². The second-order valence-corrected chi connectivity index (χ2v) is 5.62. The van der Waals surface area contributed by atoms with Crippen molar-refractivity contribution in [3.05, 3.63) is 64.4 Å². The molecule has 3 rings (SSSR count). The summed E-state index contributed by atoms with van der Waals surface area (Å²) in [5.41, 5.74) is 2.87. The standard InChI is InChI=1S/C19H20N2O2/c1-14-8-10-15(11-9-14)18-20-17-7-4-3-6-16(17)19(22)21(18)12-5-13-23-2/h3-4,6-11H,5,12-13H2,1-2H3. The zero-order chi connectivity index (χ0) is 16.2. The molecule has 23 heavy (non-hydrogen) atoms. The molecule has 4 heteroatoms. The van der Waals surface area contributed by atoms with E-state index in [2.05, 4.69) is 0 Å². The van der Waals surface area contributed by atoms with Crippen molar-refractivity contribution in [2.24, 2.45) is 0 Å². The van der Waals surface area contributed by atoms with Gasteiger partial charge in [0.25, 0.3) is 5.56 Å². The monoisotopic (exact) mass is 308 g/mol. The van der Waals surface area contributed by atoms with Crippen LogP contribution >= 0.6 is 0 Å². The van der Waals surface area contributed by atoms with Crippen molar-refractivity contribution in [3.8, 4) is 11.4 Å². The first kappa shape index (κ1) is 15.4. The summed E-state index contributed by atoms with van der Waals surface area (Å²) >= 11 is 0. The zero-order valence-corrected chi connectivity index (χ0v) is 13.5. The lowest BCUT2D eigenvalue weighted by molar-refractivity contribution is 0.190. The average Bonchev–Trinajstić information content (AvgIpc) is 2.58. The van der Waals surface area contributed by atoms with E-state index in [1.54, 1.807) is 11.7 Å². The summed E-state index contributed by atoms with van der Waals surface area (Å²) in [4.78, 5) is 17.6. The molecule has 0 amide bonds. The van der Waals surface area contributed by atoms with E-state index in [9.17, 15) is 4.79 Å². The van der Waals surface area contributed by atoms with E-state index < -0.39 is 0 Å². The Labute approximate surface area is 135 Å². The lowest BCUT2D eigenvalue weighted by atomic mass is 10.1. The third-order valence-corrected chi connectivity index (χ3v) is 3.90. The number of nitrogens with zero attached hydrogens (tertiary/aromatic N) is 2. The molecule has 0 unspecified atom stereocenters. The van der Waals surface area contributed by atoms with Crippen molar-refractivity contribution in [1.82, 2.24) is 9.55 Å². The third kappa shape index (κ3) is 3.17. The van der Waals surface area contributed by atoms with Crippen LogP contribution in [0.4, 0.5) is 0 Å². The molecule has 2 aromatic carbocycles. The molecule has 1 heterocycles. The van der Waals surface area contributed by atoms with Gasteiger partial charge in [0.1, 0.15) is 5.82 Å². The summed E-state index contributed by atoms with van der Waals surface area (Å²) in [6, 6.07) is 15.6. The number of hydrogen-bond acceptors (Lipinski definition) is 3. The van der Waals surface area contributed by atoms with Crippen LogP contribution in [0.1, 0.15) is 12.0 Å². The summed E-state index contributed by atoms with van der Waals surface area (Å²) < 4.78 is 6.87. The van der Waals surface area contributed by atoms with Crippen LogP contribution in [0.25, 0.3) is 22.3 Å². The van der Waals surface area contributed by atoms with Gasteiger partial charge in [0.2, 0.25) is 0 Å². The molecule has 1 aromatic heterocycles.